The summed E-state index contributed by atoms with van der Waals surface area (Å²) < 4.78 is 5.24. The molecule has 2 aromatic rings. The van der Waals surface area contributed by atoms with Gasteiger partial charge in [-0.3, -0.25) is 4.79 Å². The zero-order chi connectivity index (χ0) is 16.5. The van der Waals surface area contributed by atoms with Gasteiger partial charge in [-0.25, -0.2) is 0 Å². The summed E-state index contributed by atoms with van der Waals surface area (Å²) in [5.41, 5.74) is 2.55. The molecule has 4 rings (SSSR count). The van der Waals surface area contributed by atoms with Gasteiger partial charge >= 0.3 is 0 Å². The Hall–Kier alpha value is -2.17. The van der Waals surface area contributed by atoms with Crippen molar-refractivity contribution >= 4 is 5.91 Å². The third-order valence-electron chi connectivity index (χ3n) is 5.32. The molecule has 1 saturated heterocycles. The van der Waals surface area contributed by atoms with Gasteiger partial charge in [0.15, 0.2) is 5.82 Å². The van der Waals surface area contributed by atoms with E-state index in [4.69, 9.17) is 4.52 Å². The Morgan fingerprint density at radius 1 is 1.33 bits per heavy atom. The second-order valence-corrected chi connectivity index (χ2v) is 6.81. The third-order valence-corrected chi connectivity index (χ3v) is 5.32. The topological polar surface area (TPSA) is 59.2 Å². The van der Waals surface area contributed by atoms with Crippen molar-refractivity contribution in [1.29, 1.82) is 0 Å². The number of carbonyl (C=O) groups is 1. The van der Waals surface area contributed by atoms with E-state index in [1.807, 2.05) is 17.9 Å². The van der Waals surface area contributed by atoms with Gasteiger partial charge in [0.05, 0.1) is 5.92 Å². The number of benzene rings is 1. The molecule has 1 aromatic heterocycles. The summed E-state index contributed by atoms with van der Waals surface area (Å²) in [5, 5.41) is 4.11. The summed E-state index contributed by atoms with van der Waals surface area (Å²) in [7, 11) is 0. The first-order chi connectivity index (χ1) is 11.8. The van der Waals surface area contributed by atoms with E-state index in [2.05, 4.69) is 28.3 Å². The van der Waals surface area contributed by atoms with E-state index in [1.165, 1.54) is 11.1 Å². The normalized spacial score (nSPS) is 23.3. The lowest BCUT2D eigenvalue weighted by Crippen LogP contribution is -2.41. The van der Waals surface area contributed by atoms with Crippen molar-refractivity contribution in [3.05, 3.63) is 47.1 Å². The number of nitrogens with zero attached hydrogens (tertiary/aromatic N) is 3. The molecule has 5 heteroatoms. The van der Waals surface area contributed by atoms with Crippen LogP contribution in [0.25, 0.3) is 0 Å². The molecule has 24 heavy (non-hydrogen) atoms. The third kappa shape index (κ3) is 2.72. The van der Waals surface area contributed by atoms with Crippen molar-refractivity contribution in [2.45, 2.75) is 50.9 Å². The molecule has 1 aliphatic carbocycles. The average Bonchev–Trinajstić information content (AvgIpc) is 3.28. The molecule has 0 unspecified atom stereocenters. The Kier molecular flexibility index (Phi) is 4.08. The van der Waals surface area contributed by atoms with Crippen LogP contribution in [0.15, 0.2) is 28.8 Å². The van der Waals surface area contributed by atoms with Gasteiger partial charge in [0.2, 0.25) is 11.8 Å². The number of piperidine rings is 1. The molecule has 2 heterocycles. The van der Waals surface area contributed by atoms with E-state index in [0.717, 1.165) is 44.5 Å². The molecule has 0 radical (unpaired) electrons. The SMILES string of the molecule is CCc1nc([C@@H]2CCCN(C(=O)[C@@H]3CCc4ccccc43)C2)no1. The maximum Gasteiger partial charge on any atom is 0.230 e. The molecule has 126 valence electrons. The highest BCUT2D eigenvalue weighted by molar-refractivity contribution is 5.85. The molecular weight excluding hydrogens is 302 g/mol. The number of amides is 1. The molecule has 5 nitrogen and oxygen atoms in total. The molecule has 1 aromatic carbocycles. The van der Waals surface area contributed by atoms with Gasteiger partial charge in [0.25, 0.3) is 0 Å². The summed E-state index contributed by atoms with van der Waals surface area (Å²) in [6, 6.07) is 8.35. The highest BCUT2D eigenvalue weighted by atomic mass is 16.5. The van der Waals surface area contributed by atoms with Crippen molar-refractivity contribution in [3.63, 3.8) is 0 Å². The number of rotatable bonds is 3. The van der Waals surface area contributed by atoms with Crippen LogP contribution in [0, 0.1) is 0 Å². The van der Waals surface area contributed by atoms with Crippen molar-refractivity contribution in [3.8, 4) is 0 Å². The number of likely N-dealkylation sites (tertiary alicyclic amines) is 1. The van der Waals surface area contributed by atoms with Crippen LogP contribution in [0.4, 0.5) is 0 Å². The molecule has 0 spiro atoms. The van der Waals surface area contributed by atoms with E-state index < -0.39 is 0 Å². The van der Waals surface area contributed by atoms with E-state index in [1.54, 1.807) is 0 Å². The molecule has 0 bridgehead atoms. The van der Waals surface area contributed by atoms with E-state index >= 15 is 0 Å². The largest absolute Gasteiger partial charge is 0.341 e. The predicted octanol–water partition coefficient (Wildman–Crippen LogP) is 3.07. The molecule has 2 atom stereocenters. The zero-order valence-corrected chi connectivity index (χ0v) is 14.1. The number of carbonyl (C=O) groups excluding carboxylic acids is 1. The fourth-order valence-electron chi connectivity index (χ4n) is 4.00. The van der Waals surface area contributed by atoms with Crippen LogP contribution >= 0.6 is 0 Å². The number of hydrogen-bond donors (Lipinski definition) is 0. The van der Waals surface area contributed by atoms with Crippen molar-refractivity contribution in [1.82, 2.24) is 15.0 Å². The standard InChI is InChI=1S/C19H23N3O2/c1-2-17-20-18(21-24-17)14-7-5-11-22(12-14)19(23)16-10-9-13-6-3-4-8-15(13)16/h3-4,6,8,14,16H,2,5,7,9-12H2,1H3/t14-,16-/m1/s1. The number of aromatic nitrogens is 2. The Balaban J connectivity index is 1.49. The quantitative estimate of drug-likeness (QED) is 0.870. The molecular formula is C19H23N3O2. The average molecular weight is 325 g/mol. The van der Waals surface area contributed by atoms with Gasteiger partial charge in [0, 0.05) is 25.4 Å². The van der Waals surface area contributed by atoms with E-state index in [0.29, 0.717) is 12.4 Å². The highest BCUT2D eigenvalue weighted by Gasteiger charge is 2.35. The predicted molar refractivity (Wildman–Crippen MR) is 89.7 cm³/mol. The molecule has 2 aliphatic rings. The van der Waals surface area contributed by atoms with Gasteiger partial charge in [-0.15, -0.1) is 0 Å². The summed E-state index contributed by atoms with van der Waals surface area (Å²) >= 11 is 0. The molecule has 1 aliphatic heterocycles. The fourth-order valence-corrected chi connectivity index (χ4v) is 4.00. The van der Waals surface area contributed by atoms with Crippen LogP contribution in [-0.4, -0.2) is 34.0 Å². The van der Waals surface area contributed by atoms with Crippen LogP contribution in [0.1, 0.15) is 60.9 Å². The van der Waals surface area contributed by atoms with Crippen LogP contribution < -0.4 is 0 Å². The second kappa shape index (κ2) is 6.38. The summed E-state index contributed by atoms with van der Waals surface area (Å²) in [5.74, 6) is 1.93. The first-order valence-electron chi connectivity index (χ1n) is 8.95. The maximum atomic E-state index is 13.1. The van der Waals surface area contributed by atoms with Gasteiger partial charge in [-0.1, -0.05) is 36.3 Å². The Bertz CT molecular complexity index is 740. The summed E-state index contributed by atoms with van der Waals surface area (Å²) in [4.78, 5) is 19.5. The second-order valence-electron chi connectivity index (χ2n) is 6.81. The smallest absolute Gasteiger partial charge is 0.230 e. The van der Waals surface area contributed by atoms with Gasteiger partial charge in [0.1, 0.15) is 0 Å². The Labute approximate surface area is 142 Å². The number of aryl methyl sites for hydroxylation is 2. The van der Waals surface area contributed by atoms with Crippen LogP contribution in [0.2, 0.25) is 0 Å². The maximum absolute atomic E-state index is 13.1. The monoisotopic (exact) mass is 325 g/mol. The minimum atomic E-state index is 0.0245. The van der Waals surface area contributed by atoms with Gasteiger partial charge < -0.3 is 9.42 Å². The Morgan fingerprint density at radius 2 is 2.21 bits per heavy atom. The van der Waals surface area contributed by atoms with Crippen LogP contribution in [0.5, 0.6) is 0 Å². The van der Waals surface area contributed by atoms with Crippen LogP contribution in [0.3, 0.4) is 0 Å². The lowest BCUT2D eigenvalue weighted by Gasteiger charge is -2.33. The van der Waals surface area contributed by atoms with Crippen molar-refractivity contribution in [2.24, 2.45) is 0 Å². The van der Waals surface area contributed by atoms with Crippen molar-refractivity contribution < 1.29 is 9.32 Å². The zero-order valence-electron chi connectivity index (χ0n) is 14.1. The Morgan fingerprint density at radius 3 is 3.04 bits per heavy atom. The molecule has 0 N–H and O–H groups in total. The highest BCUT2D eigenvalue weighted by Crippen LogP contribution is 2.36. The molecule has 0 saturated carbocycles. The number of hydrogen-bond acceptors (Lipinski definition) is 4. The fraction of sp³-hybridized carbons (Fsp3) is 0.526. The lowest BCUT2D eigenvalue weighted by molar-refractivity contribution is -0.134. The summed E-state index contributed by atoms with van der Waals surface area (Å²) in [6.07, 6.45) is 4.71. The molecule has 1 amide bonds. The van der Waals surface area contributed by atoms with Gasteiger partial charge in [-0.2, -0.15) is 4.98 Å². The minimum absolute atomic E-state index is 0.0245. The summed E-state index contributed by atoms with van der Waals surface area (Å²) in [6.45, 7) is 3.55. The number of fused-ring (bicyclic) bond motifs is 1. The van der Waals surface area contributed by atoms with E-state index in [-0.39, 0.29) is 17.7 Å². The molecule has 1 fully saturated rings. The van der Waals surface area contributed by atoms with Crippen LogP contribution in [-0.2, 0) is 17.6 Å². The lowest BCUT2D eigenvalue weighted by atomic mass is 9.94. The first-order valence-corrected chi connectivity index (χ1v) is 8.95. The minimum Gasteiger partial charge on any atom is -0.341 e. The van der Waals surface area contributed by atoms with E-state index in [9.17, 15) is 4.79 Å². The van der Waals surface area contributed by atoms with Gasteiger partial charge in [-0.05, 0) is 36.8 Å². The first kappa shape index (κ1) is 15.4. The van der Waals surface area contributed by atoms with Crippen molar-refractivity contribution in [2.75, 3.05) is 13.1 Å².